The summed E-state index contributed by atoms with van der Waals surface area (Å²) in [5.74, 6) is 0.303. The third-order valence-corrected chi connectivity index (χ3v) is 2.12. The van der Waals surface area contributed by atoms with E-state index in [9.17, 15) is 4.79 Å². The van der Waals surface area contributed by atoms with E-state index in [0.29, 0.717) is 24.5 Å². The van der Waals surface area contributed by atoms with Crippen molar-refractivity contribution in [2.24, 2.45) is 0 Å². The number of nitriles is 1. The normalized spacial score (nSPS) is 9.79. The van der Waals surface area contributed by atoms with Crippen molar-refractivity contribution in [3.63, 3.8) is 0 Å². The van der Waals surface area contributed by atoms with Crippen molar-refractivity contribution in [2.75, 3.05) is 18.4 Å². The van der Waals surface area contributed by atoms with Crippen LogP contribution >= 0.6 is 0 Å². The van der Waals surface area contributed by atoms with Crippen molar-refractivity contribution < 1.29 is 9.53 Å². The minimum absolute atomic E-state index is 0.0138. The molecule has 0 aliphatic rings. The second-order valence-corrected chi connectivity index (χ2v) is 4.13. The quantitative estimate of drug-likeness (QED) is 0.723. The highest BCUT2D eigenvalue weighted by molar-refractivity contribution is 5.81. The molecule has 0 aromatic carbocycles. The van der Waals surface area contributed by atoms with Gasteiger partial charge in [0.15, 0.2) is 0 Å². The number of carbonyl (C=O) groups excluding carboxylic acids is 1. The summed E-state index contributed by atoms with van der Waals surface area (Å²) in [7, 11) is 0. The van der Waals surface area contributed by atoms with Crippen molar-refractivity contribution in [3.05, 3.63) is 18.3 Å². The van der Waals surface area contributed by atoms with Crippen molar-refractivity contribution >= 4 is 11.6 Å². The van der Waals surface area contributed by atoms with Crippen LogP contribution in [0.2, 0.25) is 0 Å². The number of amides is 1. The fraction of sp³-hybridized carbons (Fsp3) is 0.462. The molecule has 0 unspecified atom stereocenters. The van der Waals surface area contributed by atoms with Crippen molar-refractivity contribution in [3.8, 4) is 11.9 Å². The number of nitrogens with one attached hydrogen (secondary N) is 2. The first-order chi connectivity index (χ1) is 9.13. The molecule has 0 atom stereocenters. The van der Waals surface area contributed by atoms with Crippen LogP contribution in [0.5, 0.6) is 5.88 Å². The molecule has 0 saturated carbocycles. The minimum Gasteiger partial charge on any atom is -0.473 e. The first-order valence-electron chi connectivity index (χ1n) is 6.12. The largest absolute Gasteiger partial charge is 0.473 e. The molecule has 1 aromatic rings. The van der Waals surface area contributed by atoms with E-state index in [1.165, 1.54) is 0 Å². The molecule has 0 saturated heterocycles. The van der Waals surface area contributed by atoms with Gasteiger partial charge in [-0.2, -0.15) is 5.26 Å². The van der Waals surface area contributed by atoms with Gasteiger partial charge in [-0.15, -0.1) is 0 Å². The number of anilines is 1. The van der Waals surface area contributed by atoms with Crippen LogP contribution < -0.4 is 15.4 Å². The van der Waals surface area contributed by atoms with E-state index in [0.717, 1.165) is 0 Å². The first kappa shape index (κ1) is 14.8. The molecule has 0 radical (unpaired) electrons. The van der Waals surface area contributed by atoms with E-state index in [-0.39, 0.29) is 18.6 Å². The maximum absolute atomic E-state index is 11.5. The number of nitrogens with zero attached hydrogens (tertiary/aromatic N) is 2. The molecule has 19 heavy (non-hydrogen) atoms. The molecule has 1 heterocycles. The van der Waals surface area contributed by atoms with Gasteiger partial charge in [0.05, 0.1) is 30.8 Å². The Kier molecular flexibility index (Phi) is 6.16. The third-order valence-electron chi connectivity index (χ3n) is 2.12. The van der Waals surface area contributed by atoms with Crippen LogP contribution in [0.1, 0.15) is 20.3 Å². The molecule has 0 spiro atoms. The van der Waals surface area contributed by atoms with Crippen molar-refractivity contribution in [1.82, 2.24) is 10.3 Å². The lowest BCUT2D eigenvalue weighted by molar-refractivity contribution is -0.119. The molecule has 0 bridgehead atoms. The number of aromatic nitrogens is 1. The Balaban J connectivity index is 2.48. The van der Waals surface area contributed by atoms with E-state index >= 15 is 0 Å². The molecule has 6 heteroatoms. The van der Waals surface area contributed by atoms with E-state index in [2.05, 4.69) is 15.6 Å². The molecule has 0 aliphatic heterocycles. The van der Waals surface area contributed by atoms with Crippen LogP contribution in [0.3, 0.4) is 0 Å². The van der Waals surface area contributed by atoms with Gasteiger partial charge in [0.25, 0.3) is 0 Å². The lowest BCUT2D eigenvalue weighted by atomic mass is 10.3. The summed E-state index contributed by atoms with van der Waals surface area (Å²) in [6.07, 6.45) is 1.95. The zero-order valence-electron chi connectivity index (χ0n) is 11.1. The summed E-state index contributed by atoms with van der Waals surface area (Å²) in [6.45, 7) is 4.30. The molecule has 6 nitrogen and oxygen atoms in total. The van der Waals surface area contributed by atoms with Gasteiger partial charge in [-0.3, -0.25) is 4.79 Å². The van der Waals surface area contributed by atoms with Gasteiger partial charge in [-0.05, 0) is 26.0 Å². The number of carbonyl (C=O) groups is 1. The van der Waals surface area contributed by atoms with Gasteiger partial charge in [0.1, 0.15) is 0 Å². The van der Waals surface area contributed by atoms with Crippen LogP contribution in [0.15, 0.2) is 18.3 Å². The van der Waals surface area contributed by atoms with Crippen molar-refractivity contribution in [1.29, 1.82) is 5.26 Å². The van der Waals surface area contributed by atoms with E-state index < -0.39 is 0 Å². The van der Waals surface area contributed by atoms with Gasteiger partial charge in [0, 0.05) is 12.7 Å². The Morgan fingerprint density at radius 3 is 3.05 bits per heavy atom. The maximum Gasteiger partial charge on any atom is 0.239 e. The molecule has 0 aliphatic carbocycles. The molecule has 0 fully saturated rings. The van der Waals surface area contributed by atoms with Gasteiger partial charge in [0.2, 0.25) is 11.8 Å². The summed E-state index contributed by atoms with van der Waals surface area (Å²) in [5.41, 5.74) is 0.673. The third kappa shape index (κ3) is 5.73. The summed E-state index contributed by atoms with van der Waals surface area (Å²) in [4.78, 5) is 15.6. The Morgan fingerprint density at radius 2 is 2.37 bits per heavy atom. The summed E-state index contributed by atoms with van der Waals surface area (Å²) >= 11 is 0. The number of hydrogen-bond acceptors (Lipinski definition) is 5. The van der Waals surface area contributed by atoms with E-state index in [1.807, 2.05) is 19.9 Å². The van der Waals surface area contributed by atoms with Gasteiger partial charge >= 0.3 is 0 Å². The zero-order chi connectivity index (χ0) is 14.1. The van der Waals surface area contributed by atoms with Crippen molar-refractivity contribution in [2.45, 2.75) is 26.4 Å². The summed E-state index contributed by atoms with van der Waals surface area (Å²) < 4.78 is 5.53. The lowest BCUT2D eigenvalue weighted by Crippen LogP contribution is -2.30. The van der Waals surface area contributed by atoms with Crippen LogP contribution in [0, 0.1) is 11.3 Å². The average Bonchev–Trinajstić information content (AvgIpc) is 2.37. The Morgan fingerprint density at radius 1 is 1.58 bits per heavy atom. The maximum atomic E-state index is 11.5. The van der Waals surface area contributed by atoms with Crippen LogP contribution in [0.25, 0.3) is 0 Å². The van der Waals surface area contributed by atoms with Crippen LogP contribution in [-0.4, -0.2) is 30.1 Å². The fourth-order valence-corrected chi connectivity index (χ4v) is 1.34. The average molecular weight is 262 g/mol. The molecule has 1 aromatic heterocycles. The lowest BCUT2D eigenvalue weighted by Gasteiger charge is -2.13. The van der Waals surface area contributed by atoms with Gasteiger partial charge in [-0.1, -0.05) is 0 Å². The second kappa shape index (κ2) is 7.93. The number of hydrogen-bond donors (Lipinski definition) is 2. The zero-order valence-corrected chi connectivity index (χ0v) is 11.1. The van der Waals surface area contributed by atoms with Gasteiger partial charge < -0.3 is 15.4 Å². The summed E-state index contributed by atoms with van der Waals surface area (Å²) in [6, 6.07) is 5.53. The molecular formula is C13H18N4O2. The first-order valence-corrected chi connectivity index (χ1v) is 6.12. The highest BCUT2D eigenvalue weighted by Gasteiger charge is 2.07. The molecule has 2 N–H and O–H groups in total. The molecular weight excluding hydrogens is 244 g/mol. The monoisotopic (exact) mass is 262 g/mol. The summed E-state index contributed by atoms with van der Waals surface area (Å²) in [5, 5.41) is 14.0. The van der Waals surface area contributed by atoms with Crippen LogP contribution in [-0.2, 0) is 4.79 Å². The number of ether oxygens (including phenoxy) is 1. The Hall–Kier alpha value is -2.29. The van der Waals surface area contributed by atoms with E-state index in [4.69, 9.17) is 10.00 Å². The van der Waals surface area contributed by atoms with E-state index in [1.54, 1.807) is 18.3 Å². The molecule has 102 valence electrons. The number of rotatable bonds is 7. The Bertz CT molecular complexity index is 454. The fourth-order valence-electron chi connectivity index (χ4n) is 1.34. The minimum atomic E-state index is -0.172. The highest BCUT2D eigenvalue weighted by Crippen LogP contribution is 2.21. The smallest absolute Gasteiger partial charge is 0.239 e. The second-order valence-electron chi connectivity index (χ2n) is 4.13. The molecule has 1 amide bonds. The predicted octanol–water partition coefficient (Wildman–Crippen LogP) is 1.31. The standard InChI is InChI=1S/C13H18N4O2/c1-10(2)19-13-11(5-3-7-16-13)17-9-12(18)15-8-4-6-14/h3,5,7,10,17H,4,8-9H2,1-2H3,(H,15,18). The highest BCUT2D eigenvalue weighted by atomic mass is 16.5. The molecule has 1 rings (SSSR count). The van der Waals surface area contributed by atoms with Gasteiger partial charge in [-0.25, -0.2) is 4.98 Å². The predicted molar refractivity (Wildman–Crippen MR) is 71.7 cm³/mol. The SMILES string of the molecule is CC(C)Oc1ncccc1NCC(=O)NCCC#N. The number of pyridine rings is 1. The topological polar surface area (TPSA) is 87.0 Å². The van der Waals surface area contributed by atoms with Crippen LogP contribution in [0.4, 0.5) is 5.69 Å². The Labute approximate surface area is 112 Å².